The number of imide groups is 4. The molecule has 0 aliphatic rings. The third-order valence-corrected chi connectivity index (χ3v) is 9.22. The lowest BCUT2D eigenvalue weighted by Gasteiger charge is -2.36. The Morgan fingerprint density at radius 2 is 1.37 bits per heavy atom. The van der Waals surface area contributed by atoms with Gasteiger partial charge in [-0.05, 0) is 66.3 Å². The number of rotatable bonds is 17. The van der Waals surface area contributed by atoms with E-state index in [0.717, 1.165) is 36.4 Å². The van der Waals surface area contributed by atoms with Crippen LogP contribution < -0.4 is 21.3 Å². The van der Waals surface area contributed by atoms with Gasteiger partial charge in [-0.15, -0.1) is 11.8 Å². The zero-order chi connectivity index (χ0) is 39.8. The highest BCUT2D eigenvalue weighted by Crippen LogP contribution is 2.23. The van der Waals surface area contributed by atoms with Crippen molar-refractivity contribution in [1.29, 1.82) is 0 Å². The first-order valence-corrected chi connectivity index (χ1v) is 17.9. The Morgan fingerprint density at radius 1 is 0.804 bits per heavy atom. The summed E-state index contributed by atoms with van der Waals surface area (Å²) in [5.74, 6) is -2.15. The maximum Gasteiger partial charge on any atom is 0.333 e. The van der Waals surface area contributed by atoms with Crippen molar-refractivity contribution in [2.24, 2.45) is 0 Å². The van der Waals surface area contributed by atoms with E-state index in [0.29, 0.717) is 23.1 Å². The number of likely N-dealkylation sites (N-methyl/N-ethyl adjacent to an activating group) is 3. The van der Waals surface area contributed by atoms with E-state index in [4.69, 9.17) is 0 Å². The van der Waals surface area contributed by atoms with Crippen molar-refractivity contribution in [3.05, 3.63) is 0 Å². The smallest absolute Gasteiger partial charge is 0.333 e. The van der Waals surface area contributed by atoms with E-state index in [9.17, 15) is 43.5 Å². The van der Waals surface area contributed by atoms with E-state index in [1.165, 1.54) is 65.6 Å². The molecule has 0 bridgehead atoms. The van der Waals surface area contributed by atoms with Crippen LogP contribution in [0.5, 0.6) is 0 Å². The van der Waals surface area contributed by atoms with Crippen LogP contribution in [0.2, 0.25) is 0 Å². The van der Waals surface area contributed by atoms with E-state index < -0.39 is 64.9 Å². The zero-order valence-corrected chi connectivity index (χ0v) is 32.9. The molecule has 18 nitrogen and oxygen atoms in total. The van der Waals surface area contributed by atoms with Crippen molar-refractivity contribution < 1.29 is 43.5 Å². The quantitative estimate of drug-likeness (QED) is 0.105. The molecule has 0 saturated heterocycles. The molecule has 12 amide bonds. The van der Waals surface area contributed by atoms with E-state index in [2.05, 4.69) is 36.3 Å². The van der Waals surface area contributed by atoms with Crippen LogP contribution in [0.4, 0.5) is 19.2 Å². The van der Waals surface area contributed by atoms with Gasteiger partial charge in [0.05, 0.1) is 5.60 Å². The molecule has 0 spiro atoms. The van der Waals surface area contributed by atoms with E-state index >= 15 is 0 Å². The summed E-state index contributed by atoms with van der Waals surface area (Å²) in [7, 11) is 6.32. The molecule has 292 valence electrons. The molecule has 0 saturated carbocycles. The Hall–Kier alpha value is -3.97. The highest BCUT2D eigenvalue weighted by Gasteiger charge is 2.38. The monoisotopic (exact) mass is 745 g/mol. The number of hydrogen-bond acceptors (Lipinski definition) is 11. The molecule has 19 heteroatoms. The first-order valence-electron chi connectivity index (χ1n) is 16.8. The third-order valence-electron chi connectivity index (χ3n) is 7.86. The summed E-state index contributed by atoms with van der Waals surface area (Å²) in [5, 5.41) is 17.9. The molecule has 0 aliphatic carbocycles. The van der Waals surface area contributed by atoms with E-state index in [1.807, 2.05) is 17.6 Å². The first-order chi connectivity index (χ1) is 23.5. The minimum absolute atomic E-state index is 0.207. The maximum absolute atomic E-state index is 14.0. The van der Waals surface area contributed by atoms with Crippen LogP contribution in [-0.2, 0) is 19.2 Å². The van der Waals surface area contributed by atoms with Crippen LogP contribution in [0.15, 0.2) is 0 Å². The molecular formula is C32H59N9O9S. The molecule has 0 aromatic heterocycles. The van der Waals surface area contributed by atoms with Gasteiger partial charge >= 0.3 is 24.1 Å². The molecule has 0 aromatic carbocycles. The second-order valence-electron chi connectivity index (χ2n) is 13.0. The topological polar surface area (TPSA) is 221 Å². The van der Waals surface area contributed by atoms with E-state index in [-0.39, 0.29) is 18.7 Å². The summed E-state index contributed by atoms with van der Waals surface area (Å²) in [4.78, 5) is 108. The van der Waals surface area contributed by atoms with Crippen LogP contribution in [0.25, 0.3) is 0 Å². The predicted octanol–water partition coefficient (Wildman–Crippen LogP) is 1.19. The molecule has 5 N–H and O–H groups in total. The molecular weight excluding hydrogens is 686 g/mol. The average Bonchev–Trinajstić information content (AvgIpc) is 3.05. The molecule has 0 aromatic rings. The molecule has 0 rings (SSSR count). The Bertz CT molecular complexity index is 1250. The summed E-state index contributed by atoms with van der Waals surface area (Å²) < 4.78 is 0. The zero-order valence-electron chi connectivity index (χ0n) is 32.1. The number of thioether (sulfide) groups is 1. The van der Waals surface area contributed by atoms with Gasteiger partial charge in [-0.25, -0.2) is 24.1 Å². The number of hydrogen-bond donors (Lipinski definition) is 5. The van der Waals surface area contributed by atoms with Crippen molar-refractivity contribution >= 4 is 59.5 Å². The van der Waals surface area contributed by atoms with Crippen LogP contribution in [0.3, 0.4) is 0 Å². The van der Waals surface area contributed by atoms with Crippen LogP contribution >= 0.6 is 11.8 Å². The van der Waals surface area contributed by atoms with Crippen molar-refractivity contribution in [3.8, 4) is 0 Å². The molecule has 0 fully saturated rings. The van der Waals surface area contributed by atoms with Crippen molar-refractivity contribution in [1.82, 2.24) is 45.8 Å². The standard InChI is InChI=1S/C32H59N9O9S/c1-13-16-23(42)38(10)27(51-18-15-17-41(14-2)20(3)4)26(45)37(9)22(19-32(6,7)50)24(43)35-30(48)40(12)31(49)36-28(46)34-21(5)25(44)39(11)29(47)33-8/h20-22,27,50H,13-19H2,1-12H3,(H,33,47)(H,35,43,48)(H2,34,36,46,49)/t21-,22+,27-/m1/s1. The van der Waals surface area contributed by atoms with Gasteiger partial charge in [0.1, 0.15) is 12.1 Å². The maximum atomic E-state index is 14.0. The normalized spacial score (nSPS) is 13.0. The minimum Gasteiger partial charge on any atom is -0.390 e. The SMILES string of the molecule is CCCC(=O)N(C)[C@H](SCCCN(CC)C(C)C)C(=O)N(C)[C@@H](CC(C)(C)O)C(=O)NC(=O)N(C)C(=O)NC(=O)N[C@H](C)C(=O)N(C)C(=O)NC. The number of nitrogens with zero attached hydrogens (tertiary/aromatic N) is 5. The lowest BCUT2D eigenvalue weighted by atomic mass is 9.97. The fraction of sp³-hybridized carbons (Fsp3) is 0.750. The van der Waals surface area contributed by atoms with Gasteiger partial charge in [-0.1, -0.05) is 13.8 Å². The minimum atomic E-state index is -1.49. The summed E-state index contributed by atoms with van der Waals surface area (Å²) in [6.07, 6.45) is 1.19. The fourth-order valence-corrected chi connectivity index (χ4v) is 5.89. The Labute approximate surface area is 305 Å². The summed E-state index contributed by atoms with van der Waals surface area (Å²) >= 11 is 1.25. The van der Waals surface area contributed by atoms with Gasteiger partial charge in [-0.3, -0.25) is 34.7 Å². The van der Waals surface area contributed by atoms with Crippen molar-refractivity contribution in [2.45, 2.75) is 103 Å². The number of nitrogens with one attached hydrogen (secondary N) is 4. The molecule has 0 aliphatic heterocycles. The summed E-state index contributed by atoms with van der Waals surface area (Å²) in [5.41, 5.74) is -1.49. The number of amides is 12. The highest BCUT2D eigenvalue weighted by molar-refractivity contribution is 8.00. The first kappa shape index (κ1) is 47.0. The van der Waals surface area contributed by atoms with Gasteiger partial charge in [0, 0.05) is 54.1 Å². The molecule has 0 heterocycles. The van der Waals surface area contributed by atoms with Gasteiger partial charge in [-0.2, -0.15) is 0 Å². The Balaban J connectivity index is 5.90. The number of aliphatic hydroxyl groups is 1. The largest absolute Gasteiger partial charge is 0.390 e. The number of urea groups is 4. The van der Waals surface area contributed by atoms with Crippen LogP contribution in [0.1, 0.15) is 74.1 Å². The number of carbonyl (C=O) groups is 8. The molecule has 0 unspecified atom stereocenters. The van der Waals surface area contributed by atoms with Gasteiger partial charge in [0.25, 0.3) is 17.7 Å². The highest BCUT2D eigenvalue weighted by atomic mass is 32.2. The lowest BCUT2D eigenvalue weighted by Crippen LogP contribution is -2.58. The molecule has 0 radical (unpaired) electrons. The lowest BCUT2D eigenvalue weighted by molar-refractivity contribution is -0.145. The predicted molar refractivity (Wildman–Crippen MR) is 193 cm³/mol. The molecule has 51 heavy (non-hydrogen) atoms. The number of carbonyl (C=O) groups excluding carboxylic acids is 8. The Morgan fingerprint density at radius 3 is 1.86 bits per heavy atom. The Kier molecular flexibility index (Phi) is 20.4. The van der Waals surface area contributed by atoms with Crippen molar-refractivity contribution in [3.63, 3.8) is 0 Å². The van der Waals surface area contributed by atoms with E-state index in [1.54, 1.807) is 0 Å². The van der Waals surface area contributed by atoms with Crippen LogP contribution in [0, 0.1) is 0 Å². The van der Waals surface area contributed by atoms with Crippen molar-refractivity contribution in [2.75, 3.05) is 54.1 Å². The van der Waals surface area contributed by atoms with Gasteiger partial charge in [0.2, 0.25) is 5.91 Å². The second kappa shape index (κ2) is 22.1. The fourth-order valence-electron chi connectivity index (χ4n) is 4.72. The van der Waals surface area contributed by atoms with Crippen LogP contribution in [-0.4, -0.2) is 161 Å². The van der Waals surface area contributed by atoms with Gasteiger partial charge < -0.3 is 30.4 Å². The summed E-state index contributed by atoms with van der Waals surface area (Å²) in [6, 6.07) is -6.74. The molecule has 3 atom stereocenters. The van der Waals surface area contributed by atoms with Gasteiger partial charge in [0.15, 0.2) is 5.37 Å². The second-order valence-corrected chi connectivity index (χ2v) is 14.2. The third kappa shape index (κ3) is 15.9. The average molecular weight is 746 g/mol. The summed E-state index contributed by atoms with van der Waals surface area (Å²) in [6.45, 7) is 13.8.